The molecule has 0 amide bonds. The van der Waals surface area contributed by atoms with Crippen LogP contribution in [0.25, 0.3) is 11.4 Å². The Morgan fingerprint density at radius 2 is 2.00 bits per heavy atom. The molecule has 0 aliphatic rings. The molecule has 0 saturated heterocycles. The summed E-state index contributed by atoms with van der Waals surface area (Å²) in [6, 6.07) is 9.21. The summed E-state index contributed by atoms with van der Waals surface area (Å²) in [6.07, 6.45) is 0.919. The van der Waals surface area contributed by atoms with Crippen LogP contribution in [0.15, 0.2) is 18.2 Å². The van der Waals surface area contributed by atoms with Gasteiger partial charge in [-0.15, -0.1) is 35.4 Å². The second kappa shape index (κ2) is 5.98. The third-order valence-corrected chi connectivity index (χ3v) is 2.74. The summed E-state index contributed by atoms with van der Waals surface area (Å²) in [4.78, 5) is 4.63. The summed E-state index contributed by atoms with van der Waals surface area (Å²) >= 11 is 0. The van der Waals surface area contributed by atoms with Crippen molar-refractivity contribution in [1.82, 2.24) is 14.8 Å². The second-order valence-corrected chi connectivity index (χ2v) is 5.99. The van der Waals surface area contributed by atoms with Crippen LogP contribution in [0.3, 0.4) is 0 Å². The number of benzene rings is 1. The van der Waals surface area contributed by atoms with Gasteiger partial charge in [0.05, 0.1) is 5.82 Å². The number of rotatable bonds is 2. The SMILES string of the molecule is Cc1cc[c-]c(-c2nc(CC(C)(C)C)n(C)n2)c1.[Ir]. The van der Waals surface area contributed by atoms with Gasteiger partial charge in [0.1, 0.15) is 5.82 Å². The molecule has 1 heterocycles. The molecule has 19 heavy (non-hydrogen) atoms. The van der Waals surface area contributed by atoms with Gasteiger partial charge in [-0.1, -0.05) is 27.7 Å². The van der Waals surface area contributed by atoms with Gasteiger partial charge in [0.15, 0.2) is 0 Å². The van der Waals surface area contributed by atoms with E-state index in [0.717, 1.165) is 23.6 Å². The zero-order valence-corrected chi connectivity index (χ0v) is 14.5. The van der Waals surface area contributed by atoms with Crippen molar-refractivity contribution in [3.05, 3.63) is 35.7 Å². The molecular formula is C15H20IrN3-. The van der Waals surface area contributed by atoms with Crippen molar-refractivity contribution in [2.75, 3.05) is 0 Å². The van der Waals surface area contributed by atoms with Crippen LogP contribution < -0.4 is 0 Å². The van der Waals surface area contributed by atoms with E-state index >= 15 is 0 Å². The standard InChI is InChI=1S/C15H20N3.Ir/c1-11-7-6-8-12(9-11)14-16-13(18(5)17-14)10-15(2,3)4;/h6-7,9H,10H2,1-5H3;/q-1;. The largest absolute Gasteiger partial charge is 0.263 e. The molecule has 0 saturated carbocycles. The Labute approximate surface area is 128 Å². The maximum atomic E-state index is 4.63. The minimum absolute atomic E-state index is 0. The Morgan fingerprint density at radius 3 is 2.58 bits per heavy atom. The molecule has 0 spiro atoms. The van der Waals surface area contributed by atoms with Gasteiger partial charge in [-0.2, -0.15) is 0 Å². The monoisotopic (exact) mass is 435 g/mol. The van der Waals surface area contributed by atoms with Crippen LogP contribution in [0.4, 0.5) is 0 Å². The molecule has 3 nitrogen and oxygen atoms in total. The molecule has 0 atom stereocenters. The van der Waals surface area contributed by atoms with Crippen molar-refractivity contribution in [2.45, 2.75) is 34.1 Å². The summed E-state index contributed by atoms with van der Waals surface area (Å²) in [6.45, 7) is 8.69. The second-order valence-electron chi connectivity index (χ2n) is 5.99. The Balaban J connectivity index is 0.00000180. The molecule has 0 N–H and O–H groups in total. The number of hydrogen-bond donors (Lipinski definition) is 0. The molecule has 0 bridgehead atoms. The predicted octanol–water partition coefficient (Wildman–Crippen LogP) is 3.18. The van der Waals surface area contributed by atoms with Crippen molar-refractivity contribution < 1.29 is 20.1 Å². The smallest absolute Gasteiger partial charge is 0.116 e. The summed E-state index contributed by atoms with van der Waals surface area (Å²) < 4.78 is 1.87. The van der Waals surface area contributed by atoms with Gasteiger partial charge in [0.2, 0.25) is 0 Å². The first-order valence-electron chi connectivity index (χ1n) is 6.24. The fraction of sp³-hybridized carbons (Fsp3) is 0.467. The van der Waals surface area contributed by atoms with Crippen molar-refractivity contribution in [2.24, 2.45) is 12.5 Å². The van der Waals surface area contributed by atoms with E-state index < -0.39 is 0 Å². The Hall–Kier alpha value is -0.991. The molecule has 1 radical (unpaired) electrons. The van der Waals surface area contributed by atoms with Crippen LogP contribution in [0.1, 0.15) is 32.2 Å². The van der Waals surface area contributed by atoms with Gasteiger partial charge in [-0.05, 0) is 5.41 Å². The van der Waals surface area contributed by atoms with Crippen LogP contribution in [0, 0.1) is 18.4 Å². The first kappa shape index (κ1) is 16.1. The van der Waals surface area contributed by atoms with Crippen LogP contribution >= 0.6 is 0 Å². The molecule has 2 aromatic rings. The predicted molar refractivity (Wildman–Crippen MR) is 73.2 cm³/mol. The zero-order chi connectivity index (χ0) is 13.3. The Bertz CT molecular complexity index is 553. The van der Waals surface area contributed by atoms with E-state index in [1.54, 1.807) is 0 Å². The minimum atomic E-state index is 0. The van der Waals surface area contributed by atoms with Crippen molar-refractivity contribution in [3.8, 4) is 11.4 Å². The van der Waals surface area contributed by atoms with E-state index in [-0.39, 0.29) is 25.5 Å². The Kier molecular flexibility index (Phi) is 5.05. The summed E-state index contributed by atoms with van der Waals surface area (Å²) in [7, 11) is 1.95. The third-order valence-electron chi connectivity index (χ3n) is 2.74. The molecule has 0 aliphatic heterocycles. The first-order valence-corrected chi connectivity index (χ1v) is 6.24. The summed E-state index contributed by atoms with van der Waals surface area (Å²) in [5.41, 5.74) is 2.38. The normalized spacial score (nSPS) is 11.2. The number of nitrogens with zero attached hydrogens (tertiary/aromatic N) is 3. The average molecular weight is 435 g/mol. The van der Waals surface area contributed by atoms with E-state index in [2.05, 4.69) is 49.9 Å². The van der Waals surface area contributed by atoms with E-state index in [1.807, 2.05) is 23.9 Å². The molecule has 0 aliphatic carbocycles. The maximum Gasteiger partial charge on any atom is 0.116 e. The van der Waals surface area contributed by atoms with E-state index in [9.17, 15) is 0 Å². The van der Waals surface area contributed by atoms with Gasteiger partial charge in [0, 0.05) is 33.6 Å². The number of aryl methyl sites for hydroxylation is 2. The quantitative estimate of drug-likeness (QED) is 0.680. The van der Waals surface area contributed by atoms with Crippen molar-refractivity contribution >= 4 is 0 Å². The fourth-order valence-electron chi connectivity index (χ4n) is 1.87. The summed E-state index contributed by atoms with van der Waals surface area (Å²) in [5, 5.41) is 4.48. The van der Waals surface area contributed by atoms with Gasteiger partial charge in [0.25, 0.3) is 0 Å². The molecule has 1 aromatic heterocycles. The van der Waals surface area contributed by atoms with Crippen LogP contribution in [0.5, 0.6) is 0 Å². The fourth-order valence-corrected chi connectivity index (χ4v) is 1.87. The first-order chi connectivity index (χ1) is 8.35. The van der Waals surface area contributed by atoms with E-state index in [1.165, 1.54) is 5.56 Å². The van der Waals surface area contributed by atoms with Gasteiger partial charge < -0.3 is 0 Å². The minimum Gasteiger partial charge on any atom is -0.263 e. The van der Waals surface area contributed by atoms with Crippen LogP contribution in [-0.4, -0.2) is 14.8 Å². The van der Waals surface area contributed by atoms with Gasteiger partial charge in [-0.25, -0.2) is 5.10 Å². The maximum absolute atomic E-state index is 4.63. The molecular weight excluding hydrogens is 414 g/mol. The van der Waals surface area contributed by atoms with Gasteiger partial charge in [-0.3, -0.25) is 9.67 Å². The van der Waals surface area contributed by atoms with Crippen LogP contribution in [-0.2, 0) is 33.6 Å². The molecule has 4 heteroatoms. The average Bonchev–Trinajstić information content (AvgIpc) is 2.58. The molecule has 105 valence electrons. The van der Waals surface area contributed by atoms with E-state index in [0.29, 0.717) is 0 Å². The third kappa shape index (κ3) is 4.25. The van der Waals surface area contributed by atoms with Crippen molar-refractivity contribution in [1.29, 1.82) is 0 Å². The summed E-state index contributed by atoms with van der Waals surface area (Å²) in [5.74, 6) is 1.79. The molecule has 0 unspecified atom stereocenters. The molecule has 0 fully saturated rings. The topological polar surface area (TPSA) is 30.7 Å². The molecule has 1 aromatic carbocycles. The van der Waals surface area contributed by atoms with Crippen LogP contribution in [0.2, 0.25) is 0 Å². The Morgan fingerprint density at radius 1 is 1.32 bits per heavy atom. The zero-order valence-electron chi connectivity index (χ0n) is 12.1. The molecule has 2 rings (SSSR count). The van der Waals surface area contributed by atoms with Gasteiger partial charge >= 0.3 is 0 Å². The van der Waals surface area contributed by atoms with E-state index in [4.69, 9.17) is 0 Å². The number of hydrogen-bond acceptors (Lipinski definition) is 2. The number of aromatic nitrogens is 3. The van der Waals surface area contributed by atoms with Crippen molar-refractivity contribution in [3.63, 3.8) is 0 Å².